The van der Waals surface area contributed by atoms with E-state index in [-0.39, 0.29) is 0 Å². The minimum Gasteiger partial charge on any atom is -0.478 e. The van der Waals surface area contributed by atoms with Crippen molar-refractivity contribution in [2.24, 2.45) is 0 Å². The average molecular weight is 236 g/mol. The summed E-state index contributed by atoms with van der Waals surface area (Å²) >= 11 is 1.31. The van der Waals surface area contributed by atoms with Crippen LogP contribution in [0.3, 0.4) is 0 Å². The summed E-state index contributed by atoms with van der Waals surface area (Å²) in [6.07, 6.45) is 0. The first-order valence-corrected chi connectivity index (χ1v) is 5.74. The third-order valence-corrected chi connectivity index (χ3v) is 2.95. The Kier molecular flexibility index (Phi) is 2.78. The van der Waals surface area contributed by atoms with Gasteiger partial charge in [-0.15, -0.1) is 0 Å². The van der Waals surface area contributed by atoms with E-state index < -0.39 is 5.97 Å². The topological polar surface area (TPSA) is 62.2 Å². The van der Waals surface area contributed by atoms with E-state index in [0.717, 1.165) is 15.9 Å². The number of rotatable bonds is 3. The summed E-state index contributed by atoms with van der Waals surface area (Å²) in [4.78, 5) is 10.8. The van der Waals surface area contributed by atoms with E-state index in [1.54, 1.807) is 18.2 Å². The number of carbonyl (C=O) groups is 1. The van der Waals surface area contributed by atoms with Crippen LogP contribution in [0.5, 0.6) is 0 Å². The van der Waals surface area contributed by atoms with Crippen LogP contribution in [0, 0.1) is 0 Å². The Morgan fingerprint density at radius 3 is 2.88 bits per heavy atom. The summed E-state index contributed by atoms with van der Waals surface area (Å²) < 4.78 is 5.17. The van der Waals surface area contributed by atoms with Gasteiger partial charge in [0.1, 0.15) is 5.82 Å². The summed E-state index contributed by atoms with van der Waals surface area (Å²) in [5, 5.41) is 13.1. The molecule has 0 bridgehead atoms. The fraction of sp³-hybridized carbons (Fsp3) is 0.273. The standard InChI is InChI=1S/C11H12N2O2S/c1-6(2)12-10-8-4-3-7(11(14)15)5-9(8)16-13-10/h3-6H,1-2H3,(H,12,13)(H,14,15). The Hall–Kier alpha value is -1.62. The molecule has 4 nitrogen and oxygen atoms in total. The first-order chi connectivity index (χ1) is 7.58. The van der Waals surface area contributed by atoms with Crippen LogP contribution in [0.1, 0.15) is 24.2 Å². The van der Waals surface area contributed by atoms with Gasteiger partial charge < -0.3 is 10.4 Å². The molecule has 0 saturated heterocycles. The van der Waals surface area contributed by atoms with Crippen molar-refractivity contribution in [2.75, 3.05) is 5.32 Å². The number of carboxylic acid groups (broad SMARTS) is 1. The lowest BCUT2D eigenvalue weighted by atomic mass is 10.2. The van der Waals surface area contributed by atoms with Crippen molar-refractivity contribution in [3.05, 3.63) is 23.8 Å². The highest BCUT2D eigenvalue weighted by Crippen LogP contribution is 2.28. The van der Waals surface area contributed by atoms with E-state index >= 15 is 0 Å². The third kappa shape index (κ3) is 1.99. The van der Waals surface area contributed by atoms with Crippen molar-refractivity contribution in [3.8, 4) is 0 Å². The monoisotopic (exact) mass is 236 g/mol. The molecule has 1 heterocycles. The zero-order valence-electron chi connectivity index (χ0n) is 9.02. The number of nitrogens with zero attached hydrogens (tertiary/aromatic N) is 1. The van der Waals surface area contributed by atoms with Gasteiger partial charge in [0.05, 0.1) is 10.3 Å². The van der Waals surface area contributed by atoms with Gasteiger partial charge in [0.2, 0.25) is 0 Å². The van der Waals surface area contributed by atoms with Gasteiger partial charge in [-0.05, 0) is 43.6 Å². The lowest BCUT2D eigenvalue weighted by molar-refractivity contribution is 0.0697. The molecule has 84 valence electrons. The minimum atomic E-state index is -0.909. The maximum atomic E-state index is 10.8. The van der Waals surface area contributed by atoms with Crippen molar-refractivity contribution in [1.29, 1.82) is 0 Å². The van der Waals surface area contributed by atoms with Crippen LogP contribution in [0.15, 0.2) is 18.2 Å². The zero-order valence-corrected chi connectivity index (χ0v) is 9.84. The quantitative estimate of drug-likeness (QED) is 0.860. The van der Waals surface area contributed by atoms with Crippen LogP contribution in [0.2, 0.25) is 0 Å². The Morgan fingerprint density at radius 1 is 1.50 bits per heavy atom. The van der Waals surface area contributed by atoms with Crippen LogP contribution < -0.4 is 5.32 Å². The fourth-order valence-electron chi connectivity index (χ4n) is 1.45. The molecule has 5 heteroatoms. The normalized spacial score (nSPS) is 10.9. The highest BCUT2D eigenvalue weighted by atomic mass is 32.1. The number of aromatic nitrogens is 1. The molecule has 2 aromatic rings. The van der Waals surface area contributed by atoms with Gasteiger partial charge in [0.15, 0.2) is 0 Å². The first-order valence-electron chi connectivity index (χ1n) is 4.97. The van der Waals surface area contributed by atoms with Crippen molar-refractivity contribution in [1.82, 2.24) is 4.37 Å². The van der Waals surface area contributed by atoms with E-state index in [9.17, 15) is 4.79 Å². The van der Waals surface area contributed by atoms with Crippen molar-refractivity contribution >= 4 is 33.4 Å². The maximum Gasteiger partial charge on any atom is 0.335 e. The summed E-state index contributed by atoms with van der Waals surface area (Å²) in [5.74, 6) is -0.0828. The molecule has 0 amide bonds. The molecule has 2 N–H and O–H groups in total. The summed E-state index contributed by atoms with van der Waals surface area (Å²) in [6.45, 7) is 4.08. The predicted molar refractivity (Wildman–Crippen MR) is 65.3 cm³/mol. The molecule has 0 fully saturated rings. The van der Waals surface area contributed by atoms with Gasteiger partial charge in [-0.3, -0.25) is 0 Å². The second-order valence-electron chi connectivity index (χ2n) is 3.85. The molecule has 1 aromatic carbocycles. The van der Waals surface area contributed by atoms with E-state index in [1.807, 2.05) is 13.8 Å². The number of benzene rings is 1. The van der Waals surface area contributed by atoms with E-state index in [1.165, 1.54) is 11.5 Å². The molecule has 1 aromatic heterocycles. The van der Waals surface area contributed by atoms with E-state index in [2.05, 4.69) is 9.69 Å². The number of anilines is 1. The minimum absolute atomic E-state index is 0.298. The Labute approximate surface area is 97.1 Å². The molecular weight excluding hydrogens is 224 g/mol. The molecular formula is C11H12N2O2S. The summed E-state index contributed by atoms with van der Waals surface area (Å²) in [5.41, 5.74) is 0.298. The Balaban J connectivity index is 2.46. The highest BCUT2D eigenvalue weighted by Gasteiger charge is 2.10. The molecule has 0 saturated carbocycles. The van der Waals surface area contributed by atoms with Crippen LogP contribution in [-0.4, -0.2) is 21.5 Å². The van der Waals surface area contributed by atoms with Crippen LogP contribution in [0.25, 0.3) is 10.1 Å². The third-order valence-electron chi connectivity index (χ3n) is 2.14. The van der Waals surface area contributed by atoms with Gasteiger partial charge in [-0.2, -0.15) is 4.37 Å². The number of aromatic carboxylic acids is 1. The molecule has 0 unspecified atom stereocenters. The molecule has 2 rings (SSSR count). The molecule has 0 radical (unpaired) electrons. The van der Waals surface area contributed by atoms with Gasteiger partial charge in [-0.1, -0.05) is 0 Å². The summed E-state index contributed by atoms with van der Waals surface area (Å²) in [6, 6.07) is 5.36. The Bertz CT molecular complexity index is 534. The zero-order chi connectivity index (χ0) is 11.7. The first kappa shape index (κ1) is 10.9. The largest absolute Gasteiger partial charge is 0.478 e. The molecule has 0 aliphatic heterocycles. The SMILES string of the molecule is CC(C)Nc1nsc2cc(C(=O)O)ccc12. The average Bonchev–Trinajstić information content (AvgIpc) is 2.60. The molecule has 0 atom stereocenters. The van der Waals surface area contributed by atoms with Gasteiger partial charge in [-0.25, -0.2) is 4.79 Å². The lowest BCUT2D eigenvalue weighted by Gasteiger charge is -2.06. The second-order valence-corrected chi connectivity index (χ2v) is 4.65. The van der Waals surface area contributed by atoms with Crippen LogP contribution >= 0.6 is 11.5 Å². The second kappa shape index (κ2) is 4.09. The van der Waals surface area contributed by atoms with Crippen molar-refractivity contribution in [2.45, 2.75) is 19.9 Å². The molecule has 0 aliphatic rings. The number of carboxylic acids is 1. The highest BCUT2D eigenvalue weighted by molar-refractivity contribution is 7.13. The number of fused-ring (bicyclic) bond motifs is 1. The number of hydrogen-bond donors (Lipinski definition) is 2. The van der Waals surface area contributed by atoms with E-state index in [4.69, 9.17) is 5.11 Å². The maximum absolute atomic E-state index is 10.8. The molecule has 16 heavy (non-hydrogen) atoms. The van der Waals surface area contributed by atoms with Gasteiger partial charge in [0.25, 0.3) is 0 Å². The number of nitrogens with one attached hydrogen (secondary N) is 1. The number of hydrogen-bond acceptors (Lipinski definition) is 4. The van der Waals surface area contributed by atoms with Crippen LogP contribution in [-0.2, 0) is 0 Å². The smallest absolute Gasteiger partial charge is 0.335 e. The van der Waals surface area contributed by atoms with Crippen LogP contribution in [0.4, 0.5) is 5.82 Å². The Morgan fingerprint density at radius 2 is 2.25 bits per heavy atom. The van der Waals surface area contributed by atoms with Crippen molar-refractivity contribution < 1.29 is 9.90 Å². The van der Waals surface area contributed by atoms with E-state index in [0.29, 0.717) is 11.6 Å². The van der Waals surface area contributed by atoms with Crippen molar-refractivity contribution in [3.63, 3.8) is 0 Å². The predicted octanol–water partition coefficient (Wildman–Crippen LogP) is 2.81. The van der Waals surface area contributed by atoms with Gasteiger partial charge in [0, 0.05) is 11.4 Å². The van der Waals surface area contributed by atoms with Gasteiger partial charge >= 0.3 is 5.97 Å². The molecule has 0 aliphatic carbocycles. The fourth-order valence-corrected chi connectivity index (χ4v) is 2.23. The summed E-state index contributed by atoms with van der Waals surface area (Å²) in [7, 11) is 0. The lowest BCUT2D eigenvalue weighted by Crippen LogP contribution is -2.09. The molecule has 0 spiro atoms.